The molecule has 0 spiro atoms. The predicted octanol–water partition coefficient (Wildman–Crippen LogP) is 2.20. The second kappa shape index (κ2) is 6.26. The van der Waals surface area contributed by atoms with E-state index in [1.807, 2.05) is 31.3 Å². The van der Waals surface area contributed by atoms with Crippen molar-refractivity contribution in [3.8, 4) is 5.75 Å². The molecule has 2 heterocycles. The molecule has 1 aliphatic carbocycles. The first-order chi connectivity index (χ1) is 11.7. The average molecular weight is 327 g/mol. The molecule has 0 bridgehead atoms. The number of para-hydroxylation sites is 1. The van der Waals surface area contributed by atoms with Gasteiger partial charge in [0, 0.05) is 25.9 Å². The lowest BCUT2D eigenvalue weighted by molar-refractivity contribution is -0.135. The average Bonchev–Trinajstić information content (AvgIpc) is 3.37. The zero-order valence-corrected chi connectivity index (χ0v) is 13.8. The summed E-state index contributed by atoms with van der Waals surface area (Å²) in [5, 5.41) is 4.00. The van der Waals surface area contributed by atoms with Crippen molar-refractivity contribution in [3.63, 3.8) is 0 Å². The van der Waals surface area contributed by atoms with Crippen LogP contribution in [0, 0.1) is 5.92 Å². The number of ether oxygens (including phenoxy) is 1. The maximum atomic E-state index is 12.6. The van der Waals surface area contributed by atoms with E-state index in [2.05, 4.69) is 10.1 Å². The molecule has 2 aromatic rings. The van der Waals surface area contributed by atoms with Gasteiger partial charge in [0.15, 0.2) is 5.82 Å². The van der Waals surface area contributed by atoms with Crippen LogP contribution in [0.25, 0.3) is 0 Å². The summed E-state index contributed by atoms with van der Waals surface area (Å²) in [5.74, 6) is 2.76. The van der Waals surface area contributed by atoms with Gasteiger partial charge in [-0.2, -0.15) is 4.98 Å². The summed E-state index contributed by atoms with van der Waals surface area (Å²) in [7, 11) is 1.82. The number of amides is 1. The molecule has 1 aromatic carbocycles. The molecule has 1 saturated carbocycles. The molecule has 126 valence electrons. The molecule has 0 saturated heterocycles. The molecular formula is C18H21N3O3. The van der Waals surface area contributed by atoms with Gasteiger partial charge in [0.05, 0.1) is 5.92 Å². The fourth-order valence-electron chi connectivity index (χ4n) is 3.04. The number of fused-ring (bicyclic) bond motifs is 1. The van der Waals surface area contributed by atoms with Crippen molar-refractivity contribution in [1.82, 2.24) is 15.0 Å². The molecule has 0 radical (unpaired) electrons. The highest BCUT2D eigenvalue weighted by atomic mass is 16.5. The molecule has 1 amide bonds. The largest absolute Gasteiger partial charge is 0.492 e. The van der Waals surface area contributed by atoms with Gasteiger partial charge in [0.2, 0.25) is 11.8 Å². The second-order valence-electron chi connectivity index (χ2n) is 6.65. The third kappa shape index (κ3) is 3.13. The Balaban J connectivity index is 1.32. The number of hydrogen-bond donors (Lipinski definition) is 0. The van der Waals surface area contributed by atoms with Crippen LogP contribution in [0.15, 0.2) is 28.8 Å². The molecule has 6 heteroatoms. The van der Waals surface area contributed by atoms with Crippen molar-refractivity contribution in [3.05, 3.63) is 41.5 Å². The van der Waals surface area contributed by atoms with Crippen LogP contribution in [0.2, 0.25) is 0 Å². The monoisotopic (exact) mass is 327 g/mol. The van der Waals surface area contributed by atoms with Gasteiger partial charge in [-0.05, 0) is 30.9 Å². The first kappa shape index (κ1) is 15.2. The van der Waals surface area contributed by atoms with Crippen LogP contribution in [-0.4, -0.2) is 41.1 Å². The normalized spacial score (nSPS) is 19.5. The number of benzene rings is 1. The first-order valence-corrected chi connectivity index (χ1v) is 8.49. The number of nitrogens with zero attached hydrogens (tertiary/aromatic N) is 3. The van der Waals surface area contributed by atoms with Crippen LogP contribution >= 0.6 is 0 Å². The van der Waals surface area contributed by atoms with Crippen LogP contribution in [0.5, 0.6) is 5.75 Å². The summed E-state index contributed by atoms with van der Waals surface area (Å²) in [6.45, 7) is 1.02. The zero-order chi connectivity index (χ0) is 16.5. The molecule has 24 heavy (non-hydrogen) atoms. The number of likely N-dealkylation sites (N-methyl/N-ethyl adjacent to an activating group) is 1. The van der Waals surface area contributed by atoms with Crippen LogP contribution in [0.4, 0.5) is 0 Å². The molecule has 1 atom stereocenters. The lowest BCUT2D eigenvalue weighted by Gasteiger charge is -2.28. The molecule has 1 aromatic heterocycles. The van der Waals surface area contributed by atoms with Crippen molar-refractivity contribution < 1.29 is 14.1 Å². The Morgan fingerprint density at radius 2 is 2.17 bits per heavy atom. The Hall–Kier alpha value is -2.37. The van der Waals surface area contributed by atoms with Gasteiger partial charge >= 0.3 is 0 Å². The summed E-state index contributed by atoms with van der Waals surface area (Å²) < 4.78 is 11.0. The third-order valence-corrected chi connectivity index (χ3v) is 4.69. The van der Waals surface area contributed by atoms with Gasteiger partial charge < -0.3 is 14.2 Å². The van der Waals surface area contributed by atoms with E-state index >= 15 is 0 Å². The molecule has 1 aliphatic heterocycles. The van der Waals surface area contributed by atoms with Crippen LogP contribution in [0.1, 0.15) is 36.0 Å². The molecule has 0 N–H and O–H groups in total. The van der Waals surface area contributed by atoms with Gasteiger partial charge in [-0.1, -0.05) is 23.4 Å². The Kier molecular flexibility index (Phi) is 3.96. The first-order valence-electron chi connectivity index (χ1n) is 8.49. The summed E-state index contributed by atoms with van der Waals surface area (Å²) >= 11 is 0. The van der Waals surface area contributed by atoms with Gasteiger partial charge in [-0.15, -0.1) is 0 Å². The van der Waals surface area contributed by atoms with E-state index in [9.17, 15) is 4.79 Å². The van der Waals surface area contributed by atoms with Crippen molar-refractivity contribution in [2.45, 2.75) is 31.6 Å². The topological polar surface area (TPSA) is 68.5 Å². The molecular weight excluding hydrogens is 306 g/mol. The van der Waals surface area contributed by atoms with Gasteiger partial charge in [0.1, 0.15) is 12.4 Å². The van der Waals surface area contributed by atoms with E-state index in [1.165, 1.54) is 0 Å². The number of carbonyl (C=O) groups excluding carboxylic acids is 1. The molecule has 1 fully saturated rings. The van der Waals surface area contributed by atoms with E-state index in [4.69, 9.17) is 9.26 Å². The maximum Gasteiger partial charge on any atom is 0.229 e. The number of hydrogen-bond acceptors (Lipinski definition) is 5. The zero-order valence-electron chi connectivity index (χ0n) is 13.8. The Morgan fingerprint density at radius 3 is 3.00 bits per heavy atom. The minimum atomic E-state index is -0.128. The van der Waals surface area contributed by atoms with Crippen molar-refractivity contribution in [2.24, 2.45) is 5.92 Å². The van der Waals surface area contributed by atoms with E-state index in [1.54, 1.807) is 4.90 Å². The summed E-state index contributed by atoms with van der Waals surface area (Å²) in [5.41, 5.74) is 1.10. The highest BCUT2D eigenvalue weighted by Crippen LogP contribution is 2.38. The third-order valence-electron chi connectivity index (χ3n) is 4.69. The fraction of sp³-hybridized carbons (Fsp3) is 0.500. The second-order valence-corrected chi connectivity index (χ2v) is 6.65. The van der Waals surface area contributed by atoms with Crippen molar-refractivity contribution >= 4 is 5.91 Å². The predicted molar refractivity (Wildman–Crippen MR) is 86.7 cm³/mol. The maximum absolute atomic E-state index is 12.6. The quantitative estimate of drug-likeness (QED) is 0.842. The number of carbonyl (C=O) groups is 1. The van der Waals surface area contributed by atoms with Crippen LogP contribution in [0.3, 0.4) is 0 Å². The summed E-state index contributed by atoms with van der Waals surface area (Å²) in [4.78, 5) is 18.8. The molecule has 6 nitrogen and oxygen atoms in total. The number of rotatable bonds is 5. The summed E-state index contributed by atoms with van der Waals surface area (Å²) in [6, 6.07) is 7.90. The van der Waals surface area contributed by atoms with E-state index in [0.717, 1.165) is 36.5 Å². The van der Waals surface area contributed by atoms with Crippen molar-refractivity contribution in [1.29, 1.82) is 0 Å². The van der Waals surface area contributed by atoms with Gasteiger partial charge in [0.25, 0.3) is 0 Å². The van der Waals surface area contributed by atoms with E-state index in [0.29, 0.717) is 31.3 Å². The SMILES string of the molecule is CN(CCc1noc(C2CC2)n1)C(=O)C1COc2ccccc2C1. The number of aromatic nitrogens is 2. The van der Waals surface area contributed by atoms with E-state index < -0.39 is 0 Å². The summed E-state index contributed by atoms with van der Waals surface area (Å²) in [6.07, 6.45) is 3.63. The van der Waals surface area contributed by atoms with Gasteiger partial charge in [-0.3, -0.25) is 4.79 Å². The van der Waals surface area contributed by atoms with Crippen LogP contribution in [-0.2, 0) is 17.6 Å². The van der Waals surface area contributed by atoms with E-state index in [-0.39, 0.29) is 11.8 Å². The van der Waals surface area contributed by atoms with Crippen LogP contribution < -0.4 is 4.74 Å². The van der Waals surface area contributed by atoms with Gasteiger partial charge in [-0.25, -0.2) is 0 Å². The smallest absolute Gasteiger partial charge is 0.229 e. The molecule has 2 aliphatic rings. The minimum Gasteiger partial charge on any atom is -0.492 e. The Labute approximate surface area is 140 Å². The lowest BCUT2D eigenvalue weighted by atomic mass is 9.95. The highest BCUT2D eigenvalue weighted by molar-refractivity contribution is 5.79. The fourth-order valence-corrected chi connectivity index (χ4v) is 3.04. The highest BCUT2D eigenvalue weighted by Gasteiger charge is 2.30. The Morgan fingerprint density at radius 1 is 1.33 bits per heavy atom. The molecule has 4 rings (SSSR count). The Bertz CT molecular complexity index is 739. The minimum absolute atomic E-state index is 0.107. The standard InChI is InChI=1S/C18H21N3O3/c1-21(9-8-16-19-17(24-20-16)12-6-7-12)18(22)14-10-13-4-2-3-5-15(13)23-11-14/h2-5,12,14H,6-11H2,1H3. The lowest BCUT2D eigenvalue weighted by Crippen LogP contribution is -2.39. The van der Waals surface area contributed by atoms with Crippen molar-refractivity contribution in [2.75, 3.05) is 20.2 Å². The molecule has 1 unspecified atom stereocenters.